The Bertz CT molecular complexity index is 363. The fourth-order valence-electron chi connectivity index (χ4n) is 1.61. The van der Waals surface area contributed by atoms with Crippen LogP contribution in [0.4, 0.5) is 4.39 Å². The molecule has 3 heteroatoms. The van der Waals surface area contributed by atoms with E-state index in [1.54, 1.807) is 0 Å². The number of halogens is 1. The first-order valence-corrected chi connectivity index (χ1v) is 5.90. The van der Waals surface area contributed by atoms with Crippen LogP contribution in [0.5, 0.6) is 5.75 Å². The van der Waals surface area contributed by atoms with Gasteiger partial charge in [-0.3, -0.25) is 0 Å². The summed E-state index contributed by atoms with van der Waals surface area (Å²) in [7, 11) is 0. The van der Waals surface area contributed by atoms with E-state index in [9.17, 15) is 4.39 Å². The van der Waals surface area contributed by atoms with Crippen molar-refractivity contribution < 1.29 is 9.13 Å². The van der Waals surface area contributed by atoms with Gasteiger partial charge in [-0.15, -0.1) is 6.58 Å². The van der Waals surface area contributed by atoms with E-state index in [-0.39, 0.29) is 11.9 Å². The van der Waals surface area contributed by atoms with E-state index >= 15 is 0 Å². The Morgan fingerprint density at radius 1 is 1.47 bits per heavy atom. The van der Waals surface area contributed by atoms with Crippen molar-refractivity contribution >= 4 is 0 Å². The molecule has 1 unspecified atom stereocenters. The molecule has 0 aliphatic carbocycles. The van der Waals surface area contributed by atoms with Gasteiger partial charge in [0, 0.05) is 12.1 Å². The van der Waals surface area contributed by atoms with Gasteiger partial charge in [-0.2, -0.15) is 0 Å². The minimum absolute atomic E-state index is 0.0189. The standard InChI is InChI=1S/C14H20FNO/c1-3-4-5-6-17-14-9-12(7-11(2)16)8-13(15)10-14/h3,8-11H,1,4-7,16H2,2H3. The van der Waals surface area contributed by atoms with Gasteiger partial charge in [0.05, 0.1) is 6.61 Å². The lowest BCUT2D eigenvalue weighted by atomic mass is 10.1. The molecule has 0 saturated carbocycles. The molecule has 0 amide bonds. The summed E-state index contributed by atoms with van der Waals surface area (Å²) >= 11 is 0. The van der Waals surface area contributed by atoms with E-state index in [0.29, 0.717) is 18.8 Å². The van der Waals surface area contributed by atoms with E-state index in [0.717, 1.165) is 18.4 Å². The van der Waals surface area contributed by atoms with Crippen molar-refractivity contribution in [2.75, 3.05) is 6.61 Å². The van der Waals surface area contributed by atoms with Crippen molar-refractivity contribution in [1.29, 1.82) is 0 Å². The molecule has 0 aromatic heterocycles. The normalized spacial score (nSPS) is 12.2. The maximum atomic E-state index is 13.3. The Labute approximate surface area is 102 Å². The highest BCUT2D eigenvalue weighted by Crippen LogP contribution is 2.17. The van der Waals surface area contributed by atoms with Crippen LogP contribution >= 0.6 is 0 Å². The van der Waals surface area contributed by atoms with Gasteiger partial charge in [0.1, 0.15) is 11.6 Å². The summed E-state index contributed by atoms with van der Waals surface area (Å²) in [6, 6.07) is 4.77. The number of rotatable bonds is 7. The van der Waals surface area contributed by atoms with Crippen LogP contribution in [0.2, 0.25) is 0 Å². The van der Waals surface area contributed by atoms with E-state index in [1.165, 1.54) is 12.1 Å². The van der Waals surface area contributed by atoms with Crippen molar-refractivity contribution in [3.05, 3.63) is 42.2 Å². The van der Waals surface area contributed by atoms with Gasteiger partial charge in [-0.1, -0.05) is 6.08 Å². The van der Waals surface area contributed by atoms with E-state index < -0.39 is 0 Å². The van der Waals surface area contributed by atoms with Crippen LogP contribution < -0.4 is 10.5 Å². The predicted octanol–water partition coefficient (Wildman–Crippen LogP) is 3.06. The minimum atomic E-state index is -0.276. The zero-order valence-electron chi connectivity index (χ0n) is 10.3. The van der Waals surface area contributed by atoms with Crippen LogP contribution in [0, 0.1) is 5.82 Å². The van der Waals surface area contributed by atoms with E-state index in [2.05, 4.69) is 6.58 Å². The molecule has 0 heterocycles. The summed E-state index contributed by atoms with van der Waals surface area (Å²) in [5, 5.41) is 0. The Morgan fingerprint density at radius 3 is 2.88 bits per heavy atom. The van der Waals surface area contributed by atoms with Gasteiger partial charge < -0.3 is 10.5 Å². The molecule has 0 aliphatic heterocycles. The Morgan fingerprint density at radius 2 is 2.24 bits per heavy atom. The number of unbranched alkanes of at least 4 members (excludes halogenated alkanes) is 1. The van der Waals surface area contributed by atoms with E-state index in [1.807, 2.05) is 19.1 Å². The summed E-state index contributed by atoms with van der Waals surface area (Å²) < 4.78 is 18.8. The van der Waals surface area contributed by atoms with Crippen LogP contribution in [-0.2, 0) is 6.42 Å². The quantitative estimate of drug-likeness (QED) is 0.584. The molecule has 0 bridgehead atoms. The molecular formula is C14H20FNO. The molecule has 1 rings (SSSR count). The summed E-state index contributed by atoms with van der Waals surface area (Å²) in [6.07, 6.45) is 4.29. The highest BCUT2D eigenvalue weighted by Gasteiger charge is 2.04. The summed E-state index contributed by atoms with van der Waals surface area (Å²) in [5.74, 6) is 0.298. The number of ether oxygens (including phenoxy) is 1. The van der Waals surface area contributed by atoms with Gasteiger partial charge in [0.15, 0.2) is 0 Å². The Hall–Kier alpha value is -1.35. The largest absolute Gasteiger partial charge is 0.493 e. The summed E-state index contributed by atoms with van der Waals surface area (Å²) in [6.45, 7) is 6.11. The zero-order chi connectivity index (χ0) is 12.7. The van der Waals surface area contributed by atoms with Crippen molar-refractivity contribution in [3.63, 3.8) is 0 Å². The second-order valence-electron chi connectivity index (χ2n) is 4.26. The number of hydrogen-bond donors (Lipinski definition) is 1. The Kier molecular flexibility index (Phi) is 5.70. The second kappa shape index (κ2) is 7.07. The number of benzene rings is 1. The first-order chi connectivity index (χ1) is 8.11. The Balaban J connectivity index is 2.58. The SMILES string of the molecule is C=CCCCOc1cc(F)cc(CC(C)N)c1. The van der Waals surface area contributed by atoms with Gasteiger partial charge in [0.2, 0.25) is 0 Å². The molecule has 0 radical (unpaired) electrons. The van der Waals surface area contributed by atoms with Crippen LogP contribution in [0.3, 0.4) is 0 Å². The highest BCUT2D eigenvalue weighted by atomic mass is 19.1. The average Bonchev–Trinajstić information content (AvgIpc) is 2.22. The number of allylic oxidation sites excluding steroid dienone is 1. The molecule has 0 saturated heterocycles. The molecule has 1 atom stereocenters. The fraction of sp³-hybridized carbons (Fsp3) is 0.429. The van der Waals surface area contributed by atoms with E-state index in [4.69, 9.17) is 10.5 Å². The average molecular weight is 237 g/mol. The highest BCUT2D eigenvalue weighted by molar-refractivity contribution is 5.30. The predicted molar refractivity (Wildman–Crippen MR) is 68.7 cm³/mol. The van der Waals surface area contributed by atoms with Crippen LogP contribution in [-0.4, -0.2) is 12.6 Å². The third-order valence-electron chi connectivity index (χ3n) is 2.31. The lowest BCUT2D eigenvalue weighted by molar-refractivity contribution is 0.310. The fourth-order valence-corrected chi connectivity index (χ4v) is 1.61. The third kappa shape index (κ3) is 5.50. The molecule has 0 fully saturated rings. The van der Waals surface area contributed by atoms with Crippen LogP contribution in [0.1, 0.15) is 25.3 Å². The molecule has 2 N–H and O–H groups in total. The van der Waals surface area contributed by atoms with Gasteiger partial charge in [-0.05, 0) is 43.9 Å². The van der Waals surface area contributed by atoms with Crippen molar-refractivity contribution in [1.82, 2.24) is 0 Å². The molecule has 0 spiro atoms. The van der Waals surface area contributed by atoms with Gasteiger partial charge >= 0.3 is 0 Å². The maximum Gasteiger partial charge on any atom is 0.127 e. The molecule has 17 heavy (non-hydrogen) atoms. The van der Waals surface area contributed by atoms with Crippen molar-refractivity contribution in [2.24, 2.45) is 5.73 Å². The van der Waals surface area contributed by atoms with Gasteiger partial charge in [0.25, 0.3) is 0 Å². The lowest BCUT2D eigenvalue weighted by Gasteiger charge is -2.09. The number of nitrogens with two attached hydrogens (primary N) is 1. The third-order valence-corrected chi connectivity index (χ3v) is 2.31. The number of hydrogen-bond acceptors (Lipinski definition) is 2. The van der Waals surface area contributed by atoms with Crippen molar-refractivity contribution in [2.45, 2.75) is 32.2 Å². The molecule has 94 valence electrons. The first-order valence-electron chi connectivity index (χ1n) is 5.90. The van der Waals surface area contributed by atoms with Crippen LogP contribution in [0.25, 0.3) is 0 Å². The van der Waals surface area contributed by atoms with Crippen molar-refractivity contribution in [3.8, 4) is 5.75 Å². The molecule has 1 aromatic carbocycles. The second-order valence-corrected chi connectivity index (χ2v) is 4.26. The topological polar surface area (TPSA) is 35.2 Å². The monoisotopic (exact) mass is 237 g/mol. The minimum Gasteiger partial charge on any atom is -0.493 e. The molecule has 2 nitrogen and oxygen atoms in total. The van der Waals surface area contributed by atoms with Gasteiger partial charge in [-0.25, -0.2) is 4.39 Å². The summed E-state index contributed by atoms with van der Waals surface area (Å²) in [5.41, 5.74) is 6.56. The first kappa shape index (κ1) is 13.7. The molecule has 1 aromatic rings. The zero-order valence-corrected chi connectivity index (χ0v) is 10.3. The smallest absolute Gasteiger partial charge is 0.127 e. The van der Waals surface area contributed by atoms with Crippen LogP contribution in [0.15, 0.2) is 30.9 Å². The molecule has 0 aliphatic rings. The summed E-state index contributed by atoms with van der Waals surface area (Å²) in [4.78, 5) is 0. The molecular weight excluding hydrogens is 217 g/mol. The maximum absolute atomic E-state index is 13.3. The lowest BCUT2D eigenvalue weighted by Crippen LogP contribution is -2.17.